The molecule has 1 aromatic heterocycles. The van der Waals surface area contributed by atoms with Gasteiger partial charge in [0.2, 0.25) is 0 Å². The van der Waals surface area contributed by atoms with Crippen LogP contribution in [0.5, 0.6) is 0 Å². The Bertz CT molecular complexity index is 405. The molecule has 5 heteroatoms. The molecule has 0 aromatic carbocycles. The van der Waals surface area contributed by atoms with E-state index >= 15 is 0 Å². The summed E-state index contributed by atoms with van der Waals surface area (Å²) in [7, 11) is 0. The highest BCUT2D eigenvalue weighted by Gasteiger charge is 2.15. The molecule has 1 aliphatic heterocycles. The van der Waals surface area contributed by atoms with E-state index in [-0.39, 0.29) is 0 Å². The first-order valence-corrected chi connectivity index (χ1v) is 6.99. The van der Waals surface area contributed by atoms with E-state index in [0.717, 1.165) is 28.9 Å². The van der Waals surface area contributed by atoms with E-state index in [1.165, 1.54) is 6.42 Å². The van der Waals surface area contributed by atoms with E-state index < -0.39 is 0 Å². The summed E-state index contributed by atoms with van der Waals surface area (Å²) in [5.41, 5.74) is 0.978. The van der Waals surface area contributed by atoms with Gasteiger partial charge in [0.25, 0.3) is 0 Å². The lowest BCUT2D eigenvalue weighted by Crippen LogP contribution is -2.37. The predicted octanol–water partition coefficient (Wildman–Crippen LogP) is 2.15. The first kappa shape index (κ1) is 12.4. The Kier molecular flexibility index (Phi) is 4.36. The second-order valence-electron chi connectivity index (χ2n) is 4.10. The molecule has 1 saturated heterocycles. The summed E-state index contributed by atoms with van der Waals surface area (Å²) in [4.78, 5) is 13.0. The van der Waals surface area contributed by atoms with Gasteiger partial charge in [0, 0.05) is 18.0 Å². The van der Waals surface area contributed by atoms with Crippen LogP contribution in [-0.2, 0) is 6.54 Å². The van der Waals surface area contributed by atoms with E-state index in [2.05, 4.69) is 27.2 Å². The molecular weight excluding hydrogens is 232 g/mol. The van der Waals surface area contributed by atoms with E-state index in [1.54, 1.807) is 18.0 Å². The first-order chi connectivity index (χ1) is 8.28. The molecule has 0 spiro atoms. The van der Waals surface area contributed by atoms with Gasteiger partial charge in [-0.05, 0) is 25.8 Å². The largest absolute Gasteiger partial charge is 0.362 e. The Labute approximate surface area is 106 Å². The molecule has 92 valence electrons. The maximum absolute atomic E-state index is 4.57. The average Bonchev–Trinajstić information content (AvgIpc) is 2.37. The molecule has 0 aliphatic carbocycles. The smallest absolute Gasteiger partial charge is 0.157 e. The van der Waals surface area contributed by atoms with Crippen LogP contribution in [0, 0.1) is 6.92 Å². The Hall–Kier alpha value is -1.10. The van der Waals surface area contributed by atoms with Gasteiger partial charge in [0.05, 0.1) is 12.2 Å². The second kappa shape index (κ2) is 6.00. The summed E-state index contributed by atoms with van der Waals surface area (Å²) in [5, 5.41) is 4.51. The Morgan fingerprint density at radius 3 is 3.24 bits per heavy atom. The fourth-order valence-corrected chi connectivity index (χ4v) is 2.73. The molecule has 1 aromatic rings. The van der Waals surface area contributed by atoms with Crippen molar-refractivity contribution in [2.75, 3.05) is 5.75 Å². The molecule has 2 rings (SSSR count). The standard InChI is InChI=1S/C12H18N4S/c1-3-10-5-7-17-12(16-10)14-8-11-4-6-13-9(2)15-11/h4,6,10H,3,5,7-8H2,1-2H3,(H,14,16). The van der Waals surface area contributed by atoms with Crippen molar-refractivity contribution in [1.82, 2.24) is 15.3 Å². The lowest BCUT2D eigenvalue weighted by molar-refractivity contribution is 0.570. The minimum Gasteiger partial charge on any atom is -0.362 e. The second-order valence-corrected chi connectivity index (χ2v) is 5.19. The summed E-state index contributed by atoms with van der Waals surface area (Å²) >= 11 is 1.80. The molecule has 0 saturated carbocycles. The quantitative estimate of drug-likeness (QED) is 0.893. The summed E-state index contributed by atoms with van der Waals surface area (Å²) in [6.07, 6.45) is 4.17. The van der Waals surface area contributed by atoms with Crippen LogP contribution in [0.15, 0.2) is 17.3 Å². The van der Waals surface area contributed by atoms with Crippen LogP contribution in [0.1, 0.15) is 31.3 Å². The summed E-state index contributed by atoms with van der Waals surface area (Å²) in [6, 6.07) is 2.50. The number of aliphatic imine (C=N–C) groups is 1. The van der Waals surface area contributed by atoms with E-state index in [9.17, 15) is 0 Å². The number of thioether (sulfide) groups is 1. The third-order valence-corrected chi connectivity index (χ3v) is 3.70. The Morgan fingerprint density at radius 2 is 2.47 bits per heavy atom. The van der Waals surface area contributed by atoms with Gasteiger partial charge in [-0.15, -0.1) is 0 Å². The summed E-state index contributed by atoms with van der Waals surface area (Å²) in [5.74, 6) is 1.96. The molecule has 1 atom stereocenters. The normalized spacial score (nSPS) is 22.5. The van der Waals surface area contributed by atoms with Crippen LogP contribution in [-0.4, -0.2) is 26.9 Å². The topological polar surface area (TPSA) is 50.2 Å². The third kappa shape index (κ3) is 3.70. The molecule has 4 nitrogen and oxygen atoms in total. The molecule has 1 fully saturated rings. The number of nitrogens with one attached hydrogen (secondary N) is 1. The van der Waals surface area contributed by atoms with Crippen molar-refractivity contribution < 1.29 is 0 Å². The van der Waals surface area contributed by atoms with Gasteiger partial charge in [-0.2, -0.15) is 0 Å². The molecule has 1 unspecified atom stereocenters. The predicted molar refractivity (Wildman–Crippen MR) is 72.2 cm³/mol. The highest BCUT2D eigenvalue weighted by molar-refractivity contribution is 8.13. The lowest BCUT2D eigenvalue weighted by atomic mass is 10.2. The van der Waals surface area contributed by atoms with Crippen LogP contribution in [0.4, 0.5) is 0 Å². The maximum atomic E-state index is 4.57. The zero-order chi connectivity index (χ0) is 12.1. The maximum Gasteiger partial charge on any atom is 0.157 e. The van der Waals surface area contributed by atoms with Gasteiger partial charge in [-0.3, -0.25) is 4.99 Å². The van der Waals surface area contributed by atoms with Crippen molar-refractivity contribution in [2.24, 2.45) is 4.99 Å². The molecule has 17 heavy (non-hydrogen) atoms. The van der Waals surface area contributed by atoms with E-state index in [0.29, 0.717) is 12.6 Å². The van der Waals surface area contributed by atoms with Gasteiger partial charge in [0.1, 0.15) is 5.82 Å². The monoisotopic (exact) mass is 250 g/mol. The SMILES string of the molecule is CCC1CCSC(=NCc2ccnc(C)n2)N1. The van der Waals surface area contributed by atoms with Crippen LogP contribution in [0.3, 0.4) is 0 Å². The summed E-state index contributed by atoms with van der Waals surface area (Å²) < 4.78 is 0. The number of aryl methyl sites for hydroxylation is 1. The minimum absolute atomic E-state index is 0.585. The molecular formula is C12H18N4S. The fourth-order valence-electron chi connectivity index (χ4n) is 1.73. The highest BCUT2D eigenvalue weighted by Crippen LogP contribution is 2.16. The van der Waals surface area contributed by atoms with Crippen LogP contribution >= 0.6 is 11.8 Å². The van der Waals surface area contributed by atoms with Crippen molar-refractivity contribution >= 4 is 16.9 Å². The van der Waals surface area contributed by atoms with Gasteiger partial charge < -0.3 is 5.32 Å². The van der Waals surface area contributed by atoms with Gasteiger partial charge in [0.15, 0.2) is 5.17 Å². The van der Waals surface area contributed by atoms with Crippen molar-refractivity contribution in [3.05, 3.63) is 23.8 Å². The summed E-state index contributed by atoms with van der Waals surface area (Å²) in [6.45, 7) is 4.74. The van der Waals surface area contributed by atoms with Crippen LogP contribution < -0.4 is 5.32 Å². The number of rotatable bonds is 3. The van der Waals surface area contributed by atoms with Gasteiger partial charge in [-0.1, -0.05) is 18.7 Å². The minimum atomic E-state index is 0.585. The Balaban J connectivity index is 1.95. The Morgan fingerprint density at radius 1 is 1.59 bits per heavy atom. The number of hydrogen-bond acceptors (Lipinski definition) is 4. The number of amidine groups is 1. The van der Waals surface area contributed by atoms with E-state index in [4.69, 9.17) is 0 Å². The lowest BCUT2D eigenvalue weighted by Gasteiger charge is -2.24. The third-order valence-electron chi connectivity index (χ3n) is 2.74. The average molecular weight is 250 g/mol. The van der Waals surface area contributed by atoms with Gasteiger partial charge >= 0.3 is 0 Å². The molecule has 1 aliphatic rings. The molecule has 0 amide bonds. The first-order valence-electron chi connectivity index (χ1n) is 6.00. The number of aromatic nitrogens is 2. The zero-order valence-corrected chi connectivity index (χ0v) is 11.1. The zero-order valence-electron chi connectivity index (χ0n) is 10.3. The van der Waals surface area contributed by atoms with Crippen molar-refractivity contribution in [3.8, 4) is 0 Å². The van der Waals surface area contributed by atoms with E-state index in [1.807, 2.05) is 13.0 Å². The fraction of sp³-hybridized carbons (Fsp3) is 0.583. The molecule has 2 heterocycles. The van der Waals surface area contributed by atoms with Crippen LogP contribution in [0.2, 0.25) is 0 Å². The van der Waals surface area contributed by atoms with Crippen molar-refractivity contribution in [1.29, 1.82) is 0 Å². The van der Waals surface area contributed by atoms with Crippen LogP contribution in [0.25, 0.3) is 0 Å². The van der Waals surface area contributed by atoms with Crippen molar-refractivity contribution in [3.63, 3.8) is 0 Å². The highest BCUT2D eigenvalue weighted by atomic mass is 32.2. The number of nitrogens with zero attached hydrogens (tertiary/aromatic N) is 3. The van der Waals surface area contributed by atoms with Gasteiger partial charge in [-0.25, -0.2) is 9.97 Å². The molecule has 0 radical (unpaired) electrons. The molecule has 1 N–H and O–H groups in total. The molecule has 0 bridgehead atoms. The number of hydrogen-bond donors (Lipinski definition) is 1. The van der Waals surface area contributed by atoms with Crippen molar-refractivity contribution in [2.45, 2.75) is 39.3 Å².